The Bertz CT molecular complexity index is 1150. The number of anilines is 1. The molecule has 0 amide bonds. The highest BCUT2D eigenvalue weighted by Crippen LogP contribution is 2.45. The number of hydrogen-bond donors (Lipinski definition) is 3. The first-order chi connectivity index (χ1) is 13.9. The minimum Gasteiger partial charge on any atom is -0.465 e. The standard InChI is InChI=1S/C21H22FN5O2/c1-10-19(25-11-3-4-11)27-17-14(24-10)6-5-13(22)16(17)15-9-12(20(28)29-2)18(26-15)21(23)7-8-21/h5-6,9,11,26H,3-4,7-8,23H2,1-2H3,(H,25,27). The number of aryl methyl sites for hydroxylation is 1. The van der Waals surface area contributed by atoms with Crippen molar-refractivity contribution in [2.24, 2.45) is 5.73 Å². The second kappa shape index (κ2) is 6.25. The van der Waals surface area contributed by atoms with Crippen LogP contribution >= 0.6 is 0 Å². The average Bonchev–Trinajstić information content (AvgIpc) is 3.62. The molecule has 2 aliphatic rings. The molecule has 3 aromatic rings. The van der Waals surface area contributed by atoms with Gasteiger partial charge in [0.25, 0.3) is 0 Å². The molecule has 2 heterocycles. The van der Waals surface area contributed by atoms with Crippen LogP contribution in [0.4, 0.5) is 10.2 Å². The summed E-state index contributed by atoms with van der Waals surface area (Å²) in [7, 11) is 1.32. The number of carbonyl (C=O) groups is 1. The minimum atomic E-state index is -0.607. The van der Waals surface area contributed by atoms with Gasteiger partial charge in [-0.25, -0.2) is 19.2 Å². The highest BCUT2D eigenvalue weighted by atomic mass is 19.1. The van der Waals surface area contributed by atoms with Crippen LogP contribution in [-0.4, -0.2) is 34.1 Å². The third kappa shape index (κ3) is 3.04. The highest BCUT2D eigenvalue weighted by Gasteiger charge is 2.44. The molecule has 0 aliphatic heterocycles. The van der Waals surface area contributed by atoms with Crippen LogP contribution < -0.4 is 11.1 Å². The zero-order chi connectivity index (χ0) is 20.3. The van der Waals surface area contributed by atoms with Gasteiger partial charge in [0.15, 0.2) is 0 Å². The normalized spacial score (nSPS) is 17.4. The fraction of sp³-hybridized carbons (Fsp3) is 0.381. The second-order valence-electron chi connectivity index (χ2n) is 7.99. The number of aromatic amines is 1. The minimum absolute atomic E-state index is 0.273. The lowest BCUT2D eigenvalue weighted by Gasteiger charge is -2.12. The van der Waals surface area contributed by atoms with E-state index in [4.69, 9.17) is 15.5 Å². The first kappa shape index (κ1) is 18.1. The maximum atomic E-state index is 15.0. The Morgan fingerprint density at radius 3 is 2.76 bits per heavy atom. The average molecular weight is 395 g/mol. The van der Waals surface area contributed by atoms with Gasteiger partial charge in [-0.3, -0.25) is 0 Å². The third-order valence-corrected chi connectivity index (χ3v) is 5.66. The molecule has 7 nitrogen and oxygen atoms in total. The van der Waals surface area contributed by atoms with Crippen LogP contribution in [0.5, 0.6) is 0 Å². The van der Waals surface area contributed by atoms with Gasteiger partial charge in [-0.15, -0.1) is 0 Å². The molecule has 0 unspecified atom stereocenters. The van der Waals surface area contributed by atoms with Crippen molar-refractivity contribution in [3.05, 3.63) is 41.0 Å². The predicted octanol–water partition coefficient (Wildman–Crippen LogP) is 3.38. The van der Waals surface area contributed by atoms with E-state index in [1.807, 2.05) is 6.92 Å². The zero-order valence-corrected chi connectivity index (χ0v) is 16.3. The first-order valence-corrected chi connectivity index (χ1v) is 9.74. The number of fused-ring (bicyclic) bond motifs is 1. The van der Waals surface area contributed by atoms with Crippen LogP contribution in [0.2, 0.25) is 0 Å². The summed E-state index contributed by atoms with van der Waals surface area (Å²) in [4.78, 5) is 24.8. The molecule has 2 fully saturated rings. The predicted molar refractivity (Wildman–Crippen MR) is 107 cm³/mol. The molecule has 0 bridgehead atoms. The van der Waals surface area contributed by atoms with Gasteiger partial charge in [0.2, 0.25) is 0 Å². The SMILES string of the molecule is COC(=O)c1cc(-c2c(F)ccc3nc(C)c(NC4CC4)nc23)[nH]c1C1(N)CC1. The van der Waals surface area contributed by atoms with Crippen molar-refractivity contribution in [1.82, 2.24) is 15.0 Å². The molecular formula is C21H22FN5O2. The van der Waals surface area contributed by atoms with Crippen molar-refractivity contribution in [3.63, 3.8) is 0 Å². The number of rotatable bonds is 5. The fourth-order valence-electron chi connectivity index (χ4n) is 3.64. The van der Waals surface area contributed by atoms with E-state index in [0.29, 0.717) is 39.8 Å². The van der Waals surface area contributed by atoms with Crippen LogP contribution in [0.15, 0.2) is 18.2 Å². The van der Waals surface area contributed by atoms with Crippen molar-refractivity contribution in [2.75, 3.05) is 12.4 Å². The summed E-state index contributed by atoms with van der Waals surface area (Å²) in [6.07, 6.45) is 3.69. The van der Waals surface area contributed by atoms with E-state index in [2.05, 4.69) is 15.3 Å². The molecule has 0 radical (unpaired) electrons. The lowest BCUT2D eigenvalue weighted by Crippen LogP contribution is -2.22. The molecule has 4 N–H and O–H groups in total. The Morgan fingerprint density at radius 1 is 1.34 bits per heavy atom. The van der Waals surface area contributed by atoms with E-state index >= 15 is 0 Å². The van der Waals surface area contributed by atoms with Gasteiger partial charge >= 0.3 is 5.97 Å². The van der Waals surface area contributed by atoms with Gasteiger partial charge in [-0.2, -0.15) is 0 Å². The second-order valence-corrected chi connectivity index (χ2v) is 7.99. The summed E-state index contributed by atoms with van der Waals surface area (Å²) in [6, 6.07) is 4.98. The third-order valence-electron chi connectivity index (χ3n) is 5.66. The van der Waals surface area contributed by atoms with E-state index in [0.717, 1.165) is 31.4 Å². The Balaban J connectivity index is 1.71. The number of benzene rings is 1. The molecule has 5 rings (SSSR count). The lowest BCUT2D eigenvalue weighted by molar-refractivity contribution is 0.0598. The van der Waals surface area contributed by atoms with Gasteiger partial charge in [0.05, 0.1) is 46.4 Å². The molecule has 29 heavy (non-hydrogen) atoms. The summed E-state index contributed by atoms with van der Waals surface area (Å²) < 4.78 is 19.9. The van der Waals surface area contributed by atoms with Crippen LogP contribution in [0, 0.1) is 12.7 Å². The smallest absolute Gasteiger partial charge is 0.339 e. The number of hydrogen-bond acceptors (Lipinski definition) is 6. The zero-order valence-electron chi connectivity index (χ0n) is 16.3. The van der Waals surface area contributed by atoms with E-state index in [-0.39, 0.29) is 5.56 Å². The van der Waals surface area contributed by atoms with Crippen LogP contribution in [0.1, 0.15) is 47.4 Å². The van der Waals surface area contributed by atoms with Crippen molar-refractivity contribution < 1.29 is 13.9 Å². The van der Waals surface area contributed by atoms with Crippen molar-refractivity contribution in [2.45, 2.75) is 44.2 Å². The number of carbonyl (C=O) groups excluding carboxylic acids is 1. The molecule has 0 spiro atoms. The number of H-pyrrole nitrogens is 1. The number of methoxy groups -OCH3 is 1. The molecule has 0 atom stereocenters. The number of esters is 1. The molecule has 2 aliphatic carbocycles. The van der Waals surface area contributed by atoms with E-state index in [1.54, 1.807) is 12.1 Å². The number of nitrogens with two attached hydrogens (primary N) is 1. The number of nitrogens with zero attached hydrogens (tertiary/aromatic N) is 2. The molecule has 2 aromatic heterocycles. The van der Waals surface area contributed by atoms with Crippen molar-refractivity contribution in [3.8, 4) is 11.3 Å². The molecule has 0 saturated heterocycles. The maximum Gasteiger partial charge on any atom is 0.339 e. The molecule has 1 aromatic carbocycles. The molecule has 2 saturated carbocycles. The van der Waals surface area contributed by atoms with E-state index in [1.165, 1.54) is 13.2 Å². The summed E-state index contributed by atoms with van der Waals surface area (Å²) >= 11 is 0. The summed E-state index contributed by atoms with van der Waals surface area (Å²) in [6.45, 7) is 1.88. The van der Waals surface area contributed by atoms with E-state index < -0.39 is 17.3 Å². The Kier molecular flexibility index (Phi) is 3.89. The topological polar surface area (TPSA) is 106 Å². The van der Waals surface area contributed by atoms with Gasteiger partial charge in [0, 0.05) is 6.04 Å². The summed E-state index contributed by atoms with van der Waals surface area (Å²) in [5.74, 6) is -0.290. The monoisotopic (exact) mass is 395 g/mol. The number of nitrogens with one attached hydrogen (secondary N) is 2. The van der Waals surface area contributed by atoms with E-state index in [9.17, 15) is 9.18 Å². The molecule has 150 valence electrons. The number of aromatic nitrogens is 3. The summed E-state index contributed by atoms with van der Waals surface area (Å²) in [5, 5.41) is 3.35. The Labute approximate surface area is 166 Å². The van der Waals surface area contributed by atoms with Crippen LogP contribution in [0.3, 0.4) is 0 Å². The Hall–Kier alpha value is -3.00. The quantitative estimate of drug-likeness (QED) is 0.572. The molecular weight excluding hydrogens is 373 g/mol. The van der Waals surface area contributed by atoms with Crippen molar-refractivity contribution in [1.29, 1.82) is 0 Å². The van der Waals surface area contributed by atoms with Gasteiger partial charge in [-0.1, -0.05) is 0 Å². The summed E-state index contributed by atoms with van der Waals surface area (Å²) in [5.41, 5.74) is 9.14. The highest BCUT2D eigenvalue weighted by molar-refractivity contribution is 5.97. The molecule has 8 heteroatoms. The Morgan fingerprint density at radius 2 is 2.10 bits per heavy atom. The van der Waals surface area contributed by atoms with Gasteiger partial charge in [0.1, 0.15) is 17.2 Å². The lowest BCUT2D eigenvalue weighted by atomic mass is 10.1. The van der Waals surface area contributed by atoms with Crippen LogP contribution in [-0.2, 0) is 10.3 Å². The largest absolute Gasteiger partial charge is 0.465 e. The van der Waals surface area contributed by atoms with Crippen LogP contribution in [0.25, 0.3) is 22.3 Å². The fourth-order valence-corrected chi connectivity index (χ4v) is 3.64. The van der Waals surface area contributed by atoms with Gasteiger partial charge in [-0.05, 0) is 50.8 Å². The maximum absolute atomic E-state index is 15.0. The first-order valence-electron chi connectivity index (χ1n) is 9.74. The van der Waals surface area contributed by atoms with Crippen molar-refractivity contribution >= 4 is 22.8 Å². The number of ether oxygens (including phenoxy) is 1. The number of halogens is 1. The van der Waals surface area contributed by atoms with Gasteiger partial charge < -0.3 is 20.8 Å².